The lowest BCUT2D eigenvalue weighted by Gasteiger charge is -2.33. The molecule has 2 heterocycles. The molecule has 162 valence electrons. The fourth-order valence-electron chi connectivity index (χ4n) is 4.07. The molecule has 2 amide bonds. The number of para-hydroxylation sites is 1. The molecular weight excluding hydrogens is 388 g/mol. The normalized spacial score (nSPS) is 16.3. The van der Waals surface area contributed by atoms with Crippen molar-refractivity contribution < 1.29 is 9.53 Å². The number of carbonyl (C=O) groups is 1. The molecule has 1 aliphatic rings. The van der Waals surface area contributed by atoms with Crippen molar-refractivity contribution in [2.75, 3.05) is 19.7 Å². The van der Waals surface area contributed by atoms with Gasteiger partial charge in [0, 0.05) is 25.3 Å². The number of ether oxygens (including phenoxy) is 1. The van der Waals surface area contributed by atoms with E-state index < -0.39 is 0 Å². The average molecular weight is 419 g/mol. The van der Waals surface area contributed by atoms with E-state index in [-0.39, 0.29) is 12.1 Å². The first-order valence-electron chi connectivity index (χ1n) is 10.9. The van der Waals surface area contributed by atoms with Crippen LogP contribution in [-0.2, 0) is 17.7 Å². The van der Waals surface area contributed by atoms with Crippen LogP contribution in [0, 0.1) is 13.8 Å². The Bertz CT molecular complexity index is 1020. The molecule has 1 N–H and O–H groups in total. The number of aryl methyl sites for hydroxylation is 3. The molecule has 1 atom stereocenters. The Morgan fingerprint density at radius 1 is 1.13 bits per heavy atom. The highest BCUT2D eigenvalue weighted by Crippen LogP contribution is 2.17. The summed E-state index contributed by atoms with van der Waals surface area (Å²) in [6, 6.07) is 20.5. The molecule has 0 bridgehead atoms. The van der Waals surface area contributed by atoms with E-state index in [9.17, 15) is 4.79 Å². The van der Waals surface area contributed by atoms with Crippen molar-refractivity contribution in [2.45, 2.75) is 39.3 Å². The topological polar surface area (TPSA) is 59.4 Å². The SMILES string of the molecule is Cc1cc(C)n(-c2ccccc2CNC(=O)N2CCOC(CCc3ccccc3)C2)n1. The van der Waals surface area contributed by atoms with Gasteiger partial charge in [0.15, 0.2) is 0 Å². The van der Waals surface area contributed by atoms with Gasteiger partial charge < -0.3 is 15.0 Å². The highest BCUT2D eigenvalue weighted by Gasteiger charge is 2.24. The minimum absolute atomic E-state index is 0.0452. The lowest BCUT2D eigenvalue weighted by atomic mass is 10.1. The molecule has 31 heavy (non-hydrogen) atoms. The molecule has 1 aliphatic heterocycles. The van der Waals surface area contributed by atoms with Gasteiger partial charge in [0.2, 0.25) is 0 Å². The predicted molar refractivity (Wildman–Crippen MR) is 121 cm³/mol. The van der Waals surface area contributed by atoms with Crippen LogP contribution >= 0.6 is 0 Å². The highest BCUT2D eigenvalue weighted by molar-refractivity contribution is 5.74. The van der Waals surface area contributed by atoms with Crippen molar-refractivity contribution >= 4 is 6.03 Å². The maximum atomic E-state index is 12.8. The Hall–Kier alpha value is -3.12. The number of hydrogen-bond donors (Lipinski definition) is 1. The molecule has 6 nitrogen and oxygen atoms in total. The zero-order valence-electron chi connectivity index (χ0n) is 18.3. The van der Waals surface area contributed by atoms with E-state index >= 15 is 0 Å². The van der Waals surface area contributed by atoms with Gasteiger partial charge in [-0.3, -0.25) is 0 Å². The van der Waals surface area contributed by atoms with Gasteiger partial charge in [0.05, 0.1) is 24.1 Å². The summed E-state index contributed by atoms with van der Waals surface area (Å²) in [5, 5.41) is 7.68. The monoisotopic (exact) mass is 418 g/mol. The quantitative estimate of drug-likeness (QED) is 0.657. The van der Waals surface area contributed by atoms with Crippen LogP contribution in [-0.4, -0.2) is 46.5 Å². The first-order valence-corrected chi connectivity index (χ1v) is 10.9. The molecule has 0 aliphatic carbocycles. The van der Waals surface area contributed by atoms with Crippen LogP contribution in [0.25, 0.3) is 5.69 Å². The minimum Gasteiger partial charge on any atom is -0.375 e. The Labute approximate surface area is 183 Å². The Morgan fingerprint density at radius 2 is 1.90 bits per heavy atom. The number of morpholine rings is 1. The summed E-state index contributed by atoms with van der Waals surface area (Å²) in [7, 11) is 0. The van der Waals surface area contributed by atoms with E-state index in [1.807, 2.05) is 53.8 Å². The van der Waals surface area contributed by atoms with E-state index in [4.69, 9.17) is 4.74 Å². The third-order valence-corrected chi connectivity index (χ3v) is 5.68. The summed E-state index contributed by atoms with van der Waals surface area (Å²) in [5.74, 6) is 0. The lowest BCUT2D eigenvalue weighted by Crippen LogP contribution is -2.49. The van der Waals surface area contributed by atoms with Crippen molar-refractivity contribution in [3.63, 3.8) is 0 Å². The number of nitrogens with one attached hydrogen (secondary N) is 1. The van der Waals surface area contributed by atoms with Crippen molar-refractivity contribution in [3.8, 4) is 5.69 Å². The third kappa shape index (κ3) is 5.33. The van der Waals surface area contributed by atoms with Gasteiger partial charge in [-0.25, -0.2) is 9.48 Å². The maximum absolute atomic E-state index is 12.8. The van der Waals surface area contributed by atoms with Crippen LogP contribution < -0.4 is 5.32 Å². The summed E-state index contributed by atoms with van der Waals surface area (Å²) in [4.78, 5) is 14.7. The fourth-order valence-corrected chi connectivity index (χ4v) is 4.07. The molecule has 3 aromatic rings. The Morgan fingerprint density at radius 3 is 2.68 bits per heavy atom. The third-order valence-electron chi connectivity index (χ3n) is 5.68. The van der Waals surface area contributed by atoms with Gasteiger partial charge in [-0.1, -0.05) is 48.5 Å². The number of urea groups is 1. The van der Waals surface area contributed by atoms with Crippen LogP contribution in [0.15, 0.2) is 60.7 Å². The molecule has 2 aromatic carbocycles. The van der Waals surface area contributed by atoms with E-state index in [1.165, 1.54) is 5.56 Å². The van der Waals surface area contributed by atoms with Crippen molar-refractivity contribution in [1.82, 2.24) is 20.0 Å². The van der Waals surface area contributed by atoms with Crippen molar-refractivity contribution in [1.29, 1.82) is 0 Å². The molecule has 0 spiro atoms. The Kier molecular flexibility index (Phi) is 6.67. The summed E-state index contributed by atoms with van der Waals surface area (Å²) in [6.07, 6.45) is 1.94. The van der Waals surface area contributed by atoms with Crippen LogP contribution in [0.3, 0.4) is 0 Å². The van der Waals surface area contributed by atoms with E-state index in [0.29, 0.717) is 26.2 Å². The zero-order valence-corrected chi connectivity index (χ0v) is 18.3. The fraction of sp³-hybridized carbons (Fsp3) is 0.360. The molecule has 6 heteroatoms. The molecule has 4 rings (SSSR count). The van der Waals surface area contributed by atoms with E-state index in [0.717, 1.165) is 35.5 Å². The van der Waals surface area contributed by atoms with Gasteiger partial charge in [-0.15, -0.1) is 0 Å². The first-order chi connectivity index (χ1) is 15.1. The van der Waals surface area contributed by atoms with Crippen LogP contribution in [0.2, 0.25) is 0 Å². The highest BCUT2D eigenvalue weighted by atomic mass is 16.5. The molecule has 0 saturated carbocycles. The molecule has 1 unspecified atom stereocenters. The number of benzene rings is 2. The van der Waals surface area contributed by atoms with Crippen LogP contribution in [0.1, 0.15) is 28.9 Å². The van der Waals surface area contributed by atoms with Crippen molar-refractivity contribution in [2.24, 2.45) is 0 Å². The molecule has 1 aromatic heterocycles. The van der Waals surface area contributed by atoms with Gasteiger partial charge >= 0.3 is 6.03 Å². The minimum atomic E-state index is -0.0452. The van der Waals surface area contributed by atoms with Crippen molar-refractivity contribution in [3.05, 3.63) is 83.2 Å². The predicted octanol–water partition coefficient (Wildman–Crippen LogP) is 4.03. The Balaban J connectivity index is 1.34. The average Bonchev–Trinajstić information content (AvgIpc) is 3.14. The molecule has 1 fully saturated rings. The molecular formula is C25H30N4O2. The van der Waals surface area contributed by atoms with E-state index in [2.05, 4.69) is 40.7 Å². The second-order valence-corrected chi connectivity index (χ2v) is 8.09. The number of hydrogen-bond acceptors (Lipinski definition) is 3. The van der Waals surface area contributed by atoms with Gasteiger partial charge in [0.25, 0.3) is 0 Å². The zero-order chi connectivity index (χ0) is 21.6. The second kappa shape index (κ2) is 9.79. The number of nitrogens with zero attached hydrogens (tertiary/aromatic N) is 3. The number of aromatic nitrogens is 2. The first kappa shape index (κ1) is 21.1. The van der Waals surface area contributed by atoms with E-state index in [1.54, 1.807) is 0 Å². The molecule has 1 saturated heterocycles. The smallest absolute Gasteiger partial charge is 0.317 e. The summed E-state index contributed by atoms with van der Waals surface area (Å²) >= 11 is 0. The number of carbonyl (C=O) groups excluding carboxylic acids is 1. The van der Waals surface area contributed by atoms with Crippen LogP contribution in [0.5, 0.6) is 0 Å². The van der Waals surface area contributed by atoms with Gasteiger partial charge in [0.1, 0.15) is 0 Å². The van der Waals surface area contributed by atoms with Crippen LogP contribution in [0.4, 0.5) is 4.79 Å². The van der Waals surface area contributed by atoms with Gasteiger partial charge in [-0.2, -0.15) is 5.10 Å². The second-order valence-electron chi connectivity index (χ2n) is 8.09. The number of rotatable bonds is 6. The largest absolute Gasteiger partial charge is 0.375 e. The summed E-state index contributed by atoms with van der Waals surface area (Å²) in [6.45, 7) is 6.30. The van der Waals surface area contributed by atoms with Gasteiger partial charge in [-0.05, 0) is 49.9 Å². The lowest BCUT2D eigenvalue weighted by molar-refractivity contribution is -0.0176. The maximum Gasteiger partial charge on any atom is 0.317 e. The molecule has 0 radical (unpaired) electrons. The number of amides is 2. The summed E-state index contributed by atoms with van der Waals surface area (Å²) in [5.41, 5.74) is 5.39. The standard InChI is InChI=1S/C25H30N4O2/c1-19-16-20(2)29(27-19)24-11-7-6-10-22(24)17-26-25(30)28-14-15-31-23(18-28)13-12-21-8-4-3-5-9-21/h3-11,16,23H,12-15,17-18H2,1-2H3,(H,26,30). The summed E-state index contributed by atoms with van der Waals surface area (Å²) < 4.78 is 7.84.